The van der Waals surface area contributed by atoms with Crippen LogP contribution in [0.3, 0.4) is 0 Å². The molecule has 0 aliphatic rings. The Labute approximate surface area is 128 Å². The molecule has 116 valence electrons. The van der Waals surface area contributed by atoms with Gasteiger partial charge in [0.1, 0.15) is 5.54 Å². The number of ether oxygens (including phenoxy) is 1. The predicted octanol–water partition coefficient (Wildman–Crippen LogP) is 2.29. The van der Waals surface area contributed by atoms with Crippen LogP contribution in [0.4, 0.5) is 0 Å². The van der Waals surface area contributed by atoms with E-state index >= 15 is 0 Å². The first kappa shape index (κ1) is 15.8. The number of aromatic nitrogens is 1. The van der Waals surface area contributed by atoms with Gasteiger partial charge in [-0.3, -0.25) is 9.36 Å². The monoisotopic (exact) mass is 301 g/mol. The Balaban J connectivity index is 2.13. The van der Waals surface area contributed by atoms with E-state index < -0.39 is 17.1 Å². The van der Waals surface area contributed by atoms with Crippen LogP contribution in [0.15, 0.2) is 53.5 Å². The summed E-state index contributed by atoms with van der Waals surface area (Å²) in [5, 5.41) is 9.23. The molecule has 22 heavy (non-hydrogen) atoms. The van der Waals surface area contributed by atoms with Crippen LogP contribution in [0.2, 0.25) is 0 Å². The van der Waals surface area contributed by atoms with E-state index in [1.165, 1.54) is 24.6 Å². The molecule has 1 aromatic carbocycles. The third-order valence-corrected chi connectivity index (χ3v) is 3.53. The Hall–Kier alpha value is -2.56. The van der Waals surface area contributed by atoms with Crippen molar-refractivity contribution in [2.45, 2.75) is 25.8 Å². The predicted molar refractivity (Wildman–Crippen MR) is 83.3 cm³/mol. The van der Waals surface area contributed by atoms with Crippen molar-refractivity contribution in [1.29, 1.82) is 0 Å². The zero-order chi connectivity index (χ0) is 16.2. The van der Waals surface area contributed by atoms with Gasteiger partial charge in [0.25, 0.3) is 5.56 Å². The highest BCUT2D eigenvalue weighted by Crippen LogP contribution is 2.15. The Kier molecular flexibility index (Phi) is 4.65. The van der Waals surface area contributed by atoms with E-state index in [1.807, 2.05) is 30.3 Å². The average molecular weight is 301 g/mol. The van der Waals surface area contributed by atoms with E-state index in [1.54, 1.807) is 12.1 Å². The Bertz CT molecular complexity index is 704. The van der Waals surface area contributed by atoms with Crippen LogP contribution < -0.4 is 10.3 Å². The molecule has 0 spiro atoms. The van der Waals surface area contributed by atoms with Gasteiger partial charge in [0.2, 0.25) is 0 Å². The highest BCUT2D eigenvalue weighted by Gasteiger charge is 2.30. The van der Waals surface area contributed by atoms with Crippen LogP contribution in [0.25, 0.3) is 0 Å². The number of rotatable bonds is 6. The molecule has 5 nitrogen and oxygen atoms in total. The number of benzene rings is 1. The molecular formula is C17H19NO4. The van der Waals surface area contributed by atoms with E-state index in [9.17, 15) is 14.7 Å². The van der Waals surface area contributed by atoms with Crippen LogP contribution in [0.5, 0.6) is 5.75 Å². The zero-order valence-electron chi connectivity index (χ0n) is 12.7. The van der Waals surface area contributed by atoms with Gasteiger partial charge in [-0.25, -0.2) is 4.79 Å². The Morgan fingerprint density at radius 2 is 1.86 bits per heavy atom. The topological polar surface area (TPSA) is 68.5 Å². The second-order valence-electron chi connectivity index (χ2n) is 5.50. The number of nitrogens with zero attached hydrogens (tertiary/aromatic N) is 1. The lowest BCUT2D eigenvalue weighted by Crippen LogP contribution is -2.42. The lowest BCUT2D eigenvalue weighted by Gasteiger charge is -2.22. The summed E-state index contributed by atoms with van der Waals surface area (Å²) in [6.45, 7) is 3.31. The molecule has 0 unspecified atom stereocenters. The van der Waals surface area contributed by atoms with Crippen LogP contribution in [-0.2, 0) is 16.8 Å². The van der Waals surface area contributed by atoms with Crippen LogP contribution in [-0.4, -0.2) is 22.2 Å². The Morgan fingerprint density at radius 1 is 1.18 bits per heavy atom. The van der Waals surface area contributed by atoms with E-state index in [0.29, 0.717) is 13.0 Å². The first-order valence-corrected chi connectivity index (χ1v) is 7.05. The molecule has 0 saturated carbocycles. The number of pyridine rings is 1. The maximum Gasteiger partial charge on any atom is 0.329 e. The minimum absolute atomic E-state index is 0.160. The lowest BCUT2D eigenvalue weighted by atomic mass is 10.1. The summed E-state index contributed by atoms with van der Waals surface area (Å²) in [7, 11) is 0. The van der Waals surface area contributed by atoms with Crippen molar-refractivity contribution >= 4 is 5.97 Å². The van der Waals surface area contributed by atoms with Crippen molar-refractivity contribution in [3.8, 4) is 5.75 Å². The summed E-state index contributed by atoms with van der Waals surface area (Å²) < 4.78 is 6.70. The molecule has 0 fully saturated rings. The van der Waals surface area contributed by atoms with Crippen molar-refractivity contribution in [2.75, 3.05) is 6.61 Å². The number of carboxylic acids is 1. The van der Waals surface area contributed by atoms with Crippen molar-refractivity contribution < 1.29 is 14.6 Å². The second-order valence-corrected chi connectivity index (χ2v) is 5.50. The van der Waals surface area contributed by atoms with Crippen molar-refractivity contribution in [2.24, 2.45) is 0 Å². The minimum atomic E-state index is -1.32. The molecule has 0 atom stereocenters. The first-order chi connectivity index (χ1) is 10.4. The van der Waals surface area contributed by atoms with Gasteiger partial charge in [-0.15, -0.1) is 0 Å². The third-order valence-electron chi connectivity index (χ3n) is 3.53. The maximum absolute atomic E-state index is 12.3. The summed E-state index contributed by atoms with van der Waals surface area (Å²) in [5.41, 5.74) is -0.650. The summed E-state index contributed by atoms with van der Waals surface area (Å²) in [6, 6.07) is 13.0. The van der Waals surface area contributed by atoms with Crippen LogP contribution in [0, 0.1) is 0 Å². The smallest absolute Gasteiger partial charge is 0.329 e. The minimum Gasteiger partial charge on any atom is -0.488 e. The molecule has 1 aromatic heterocycles. The fourth-order valence-corrected chi connectivity index (χ4v) is 2.05. The lowest BCUT2D eigenvalue weighted by molar-refractivity contribution is -0.145. The normalized spacial score (nSPS) is 11.2. The molecule has 1 heterocycles. The molecule has 1 N–H and O–H groups in total. The molecule has 2 rings (SSSR count). The maximum atomic E-state index is 12.3. The highest BCUT2D eigenvalue weighted by atomic mass is 16.5. The molecule has 5 heteroatoms. The number of carbonyl (C=O) groups is 1. The largest absolute Gasteiger partial charge is 0.488 e. The number of carboxylic acid groups (broad SMARTS) is 1. The van der Waals surface area contributed by atoms with Gasteiger partial charge in [-0.2, -0.15) is 0 Å². The van der Waals surface area contributed by atoms with Crippen molar-refractivity contribution in [3.63, 3.8) is 0 Å². The molecule has 0 saturated heterocycles. The van der Waals surface area contributed by atoms with Crippen molar-refractivity contribution in [3.05, 3.63) is 64.6 Å². The molecule has 0 radical (unpaired) electrons. The number of aliphatic carboxylic acids is 1. The van der Waals surface area contributed by atoms with Gasteiger partial charge in [0.05, 0.1) is 6.61 Å². The molecule has 2 aromatic rings. The molecular weight excluding hydrogens is 282 g/mol. The van der Waals surface area contributed by atoms with Crippen molar-refractivity contribution in [1.82, 2.24) is 4.57 Å². The summed E-state index contributed by atoms with van der Waals surface area (Å²) in [4.78, 5) is 23.6. The average Bonchev–Trinajstić information content (AvgIpc) is 2.49. The van der Waals surface area contributed by atoms with E-state index in [-0.39, 0.29) is 5.75 Å². The highest BCUT2D eigenvalue weighted by molar-refractivity contribution is 5.75. The van der Waals surface area contributed by atoms with E-state index in [4.69, 9.17) is 4.74 Å². The summed E-state index contributed by atoms with van der Waals surface area (Å²) in [6.07, 6.45) is 2.14. The Morgan fingerprint density at radius 3 is 2.50 bits per heavy atom. The van der Waals surface area contributed by atoms with Crippen LogP contribution >= 0.6 is 0 Å². The standard InChI is InChI=1S/C17H19NO4/c1-17(2,16(20)21)18-11-6-9-14(15(18)19)22-12-10-13-7-4-3-5-8-13/h3-9,11H,10,12H2,1-2H3,(H,20,21). The molecule has 0 aliphatic heterocycles. The molecule has 0 amide bonds. The SMILES string of the molecule is CC(C)(C(=O)O)n1cccc(OCCc2ccccc2)c1=O. The van der Waals surface area contributed by atoms with E-state index in [2.05, 4.69) is 0 Å². The van der Waals surface area contributed by atoms with Gasteiger partial charge in [-0.05, 0) is 31.5 Å². The summed E-state index contributed by atoms with van der Waals surface area (Å²) in [5.74, 6) is -0.913. The quantitative estimate of drug-likeness (QED) is 0.889. The number of hydrogen-bond acceptors (Lipinski definition) is 3. The van der Waals surface area contributed by atoms with Crippen LogP contribution in [0.1, 0.15) is 19.4 Å². The molecule has 0 aliphatic carbocycles. The van der Waals surface area contributed by atoms with Gasteiger partial charge in [0.15, 0.2) is 5.75 Å². The fourth-order valence-electron chi connectivity index (χ4n) is 2.05. The van der Waals surface area contributed by atoms with Gasteiger partial charge in [0, 0.05) is 12.6 Å². The van der Waals surface area contributed by atoms with Gasteiger partial charge >= 0.3 is 5.97 Å². The van der Waals surface area contributed by atoms with Gasteiger partial charge < -0.3 is 9.84 Å². The third kappa shape index (κ3) is 3.36. The van der Waals surface area contributed by atoms with Gasteiger partial charge in [-0.1, -0.05) is 30.3 Å². The van der Waals surface area contributed by atoms with E-state index in [0.717, 1.165) is 5.56 Å². The molecule has 0 bridgehead atoms. The second kappa shape index (κ2) is 6.47. The first-order valence-electron chi connectivity index (χ1n) is 7.05. The zero-order valence-corrected chi connectivity index (χ0v) is 12.7. The fraction of sp³-hybridized carbons (Fsp3) is 0.294. The summed E-state index contributed by atoms with van der Waals surface area (Å²) >= 11 is 0. The number of hydrogen-bond donors (Lipinski definition) is 1.